The lowest BCUT2D eigenvalue weighted by Gasteiger charge is -2.27. The average Bonchev–Trinajstić information content (AvgIpc) is 3.35. The average molecular weight is 488 g/mol. The summed E-state index contributed by atoms with van der Waals surface area (Å²) >= 11 is 5.97. The van der Waals surface area contributed by atoms with Gasteiger partial charge in [-0.3, -0.25) is 0 Å². The van der Waals surface area contributed by atoms with Crippen LogP contribution in [-0.4, -0.2) is 26.2 Å². The molecule has 0 saturated heterocycles. The van der Waals surface area contributed by atoms with Crippen LogP contribution in [0.25, 0.3) is 0 Å². The zero-order valence-corrected chi connectivity index (χ0v) is 19.6. The number of hydrogen-bond donors (Lipinski definition) is 1. The molecule has 5 rings (SSSR count). The first-order valence-electron chi connectivity index (χ1n) is 11.0. The van der Waals surface area contributed by atoms with Crippen LogP contribution in [0.5, 0.6) is 5.75 Å². The molecule has 1 aliphatic heterocycles. The van der Waals surface area contributed by atoms with E-state index in [-0.39, 0.29) is 6.61 Å². The Morgan fingerprint density at radius 3 is 2.57 bits per heavy atom. The van der Waals surface area contributed by atoms with E-state index in [1.807, 2.05) is 85.8 Å². The molecule has 0 aliphatic carbocycles. The molecule has 0 saturated carbocycles. The highest BCUT2D eigenvalue weighted by Gasteiger charge is 2.35. The summed E-state index contributed by atoms with van der Waals surface area (Å²) < 4.78 is 13.2. The van der Waals surface area contributed by atoms with Gasteiger partial charge in [-0.1, -0.05) is 71.3 Å². The van der Waals surface area contributed by atoms with Crippen molar-refractivity contribution in [1.82, 2.24) is 20.2 Å². The highest BCUT2D eigenvalue weighted by atomic mass is 35.5. The Morgan fingerprint density at radius 2 is 1.77 bits per heavy atom. The number of nitrogens with one attached hydrogen (secondary N) is 1. The second kappa shape index (κ2) is 9.99. The maximum atomic E-state index is 13.3. The third kappa shape index (κ3) is 5.02. The molecular weight excluding hydrogens is 466 g/mol. The van der Waals surface area contributed by atoms with E-state index in [1.54, 1.807) is 4.68 Å². The first-order valence-corrected chi connectivity index (χ1v) is 11.4. The minimum Gasteiger partial charge on any atom is -0.489 e. The molecule has 0 amide bonds. The summed E-state index contributed by atoms with van der Waals surface area (Å²) in [5.41, 5.74) is 3.74. The van der Waals surface area contributed by atoms with Crippen LogP contribution in [0.3, 0.4) is 0 Å². The van der Waals surface area contributed by atoms with E-state index < -0.39 is 12.0 Å². The van der Waals surface area contributed by atoms with Crippen molar-refractivity contribution in [3.05, 3.63) is 112 Å². The van der Waals surface area contributed by atoms with E-state index in [4.69, 9.17) is 21.1 Å². The predicted molar refractivity (Wildman–Crippen MR) is 131 cm³/mol. The lowest BCUT2D eigenvalue weighted by molar-refractivity contribution is -0.140. The zero-order chi connectivity index (χ0) is 24.2. The molecular formula is C26H22ClN5O3. The minimum atomic E-state index is -0.580. The number of carbonyl (C=O) groups excluding carboxylic acids is 1. The Balaban J connectivity index is 1.41. The molecule has 1 atom stereocenters. The lowest BCUT2D eigenvalue weighted by atomic mass is 9.95. The Labute approximate surface area is 207 Å². The smallest absolute Gasteiger partial charge is 0.338 e. The van der Waals surface area contributed by atoms with Crippen LogP contribution in [0.4, 0.5) is 5.95 Å². The van der Waals surface area contributed by atoms with Crippen molar-refractivity contribution in [1.29, 1.82) is 0 Å². The number of nitrogens with zero attached hydrogens (tertiary/aromatic N) is 4. The Bertz CT molecular complexity index is 1370. The molecule has 1 aromatic heterocycles. The minimum absolute atomic E-state index is 0.163. The van der Waals surface area contributed by atoms with Crippen molar-refractivity contribution in [2.24, 2.45) is 0 Å². The quantitative estimate of drug-likeness (QED) is 0.369. The van der Waals surface area contributed by atoms with Crippen molar-refractivity contribution in [3.63, 3.8) is 0 Å². The van der Waals surface area contributed by atoms with Crippen molar-refractivity contribution >= 4 is 23.5 Å². The number of tetrazole rings is 1. The van der Waals surface area contributed by atoms with Crippen molar-refractivity contribution in [3.8, 4) is 5.75 Å². The Hall–Kier alpha value is -4.17. The van der Waals surface area contributed by atoms with Gasteiger partial charge in [0.1, 0.15) is 25.0 Å². The van der Waals surface area contributed by atoms with Gasteiger partial charge in [-0.15, -0.1) is 0 Å². The standard InChI is InChI=1S/C26H22ClN5O3/c1-17-23(25(33)35-16-18-6-3-2-4-7-18)24(32-26(28-17)29-30-31-32)20-8-5-9-22(14-20)34-15-19-10-12-21(27)13-11-19/h2-14,24H,15-16H2,1H3,(H,28,29,31). The number of rotatable bonds is 7. The molecule has 35 heavy (non-hydrogen) atoms. The molecule has 0 fully saturated rings. The largest absolute Gasteiger partial charge is 0.489 e. The number of ether oxygens (including phenoxy) is 2. The summed E-state index contributed by atoms with van der Waals surface area (Å²) in [6.07, 6.45) is 0. The second-order valence-electron chi connectivity index (χ2n) is 8.06. The van der Waals surface area contributed by atoms with Gasteiger partial charge in [-0.2, -0.15) is 4.68 Å². The highest BCUT2D eigenvalue weighted by Crippen LogP contribution is 2.36. The van der Waals surface area contributed by atoms with E-state index in [9.17, 15) is 4.79 Å². The summed E-state index contributed by atoms with van der Waals surface area (Å²) in [4.78, 5) is 13.3. The summed E-state index contributed by atoms with van der Waals surface area (Å²) in [5, 5.41) is 15.7. The van der Waals surface area contributed by atoms with Gasteiger partial charge >= 0.3 is 5.97 Å². The molecule has 176 valence electrons. The number of anilines is 1. The number of esters is 1. The normalized spacial score (nSPS) is 14.7. The number of benzene rings is 3. The van der Waals surface area contributed by atoms with Crippen LogP contribution in [0.15, 0.2) is 90.1 Å². The van der Waals surface area contributed by atoms with Gasteiger partial charge in [-0.05, 0) is 58.3 Å². The van der Waals surface area contributed by atoms with Gasteiger partial charge < -0.3 is 14.8 Å². The van der Waals surface area contributed by atoms with E-state index >= 15 is 0 Å². The van der Waals surface area contributed by atoms with Crippen LogP contribution < -0.4 is 10.1 Å². The fourth-order valence-electron chi connectivity index (χ4n) is 3.91. The fraction of sp³-hybridized carbons (Fsp3) is 0.154. The van der Waals surface area contributed by atoms with Gasteiger partial charge in [0.15, 0.2) is 0 Å². The molecule has 8 nitrogen and oxygen atoms in total. The number of aromatic nitrogens is 4. The van der Waals surface area contributed by atoms with Gasteiger partial charge in [0.05, 0.1) is 5.57 Å². The number of fused-ring (bicyclic) bond motifs is 1. The van der Waals surface area contributed by atoms with Gasteiger partial charge in [-0.25, -0.2) is 4.79 Å². The summed E-state index contributed by atoms with van der Waals surface area (Å²) in [5.74, 6) is 0.650. The number of hydrogen-bond acceptors (Lipinski definition) is 7. The van der Waals surface area contributed by atoms with Gasteiger partial charge in [0, 0.05) is 10.7 Å². The van der Waals surface area contributed by atoms with E-state index in [2.05, 4.69) is 20.8 Å². The molecule has 9 heteroatoms. The third-order valence-electron chi connectivity index (χ3n) is 5.64. The summed E-state index contributed by atoms with van der Waals surface area (Å²) in [7, 11) is 0. The molecule has 4 aromatic rings. The van der Waals surface area contributed by atoms with Crippen molar-refractivity contribution in [2.45, 2.75) is 26.2 Å². The maximum absolute atomic E-state index is 13.3. The summed E-state index contributed by atoms with van der Waals surface area (Å²) in [6, 6.07) is 24.0. The van der Waals surface area contributed by atoms with E-state index in [0.717, 1.165) is 16.7 Å². The summed E-state index contributed by atoms with van der Waals surface area (Å²) in [6.45, 7) is 2.35. The molecule has 0 radical (unpaired) electrons. The van der Waals surface area contributed by atoms with Gasteiger partial charge in [0.25, 0.3) is 0 Å². The monoisotopic (exact) mass is 487 g/mol. The molecule has 0 bridgehead atoms. The van der Waals surface area contributed by atoms with Gasteiger partial charge in [0.2, 0.25) is 5.95 Å². The van der Waals surface area contributed by atoms with Crippen LogP contribution in [0.2, 0.25) is 5.02 Å². The molecule has 2 heterocycles. The number of allylic oxidation sites excluding steroid dienone is 1. The first-order chi connectivity index (χ1) is 17.1. The molecule has 3 aromatic carbocycles. The van der Waals surface area contributed by atoms with Crippen LogP contribution in [-0.2, 0) is 22.7 Å². The highest BCUT2D eigenvalue weighted by molar-refractivity contribution is 6.30. The topological polar surface area (TPSA) is 91.2 Å². The molecule has 0 spiro atoms. The molecule has 1 N–H and O–H groups in total. The number of halogens is 1. The fourth-order valence-corrected chi connectivity index (χ4v) is 4.03. The van der Waals surface area contributed by atoms with Crippen molar-refractivity contribution in [2.75, 3.05) is 5.32 Å². The van der Waals surface area contributed by atoms with E-state index in [0.29, 0.717) is 34.6 Å². The van der Waals surface area contributed by atoms with Crippen LogP contribution >= 0.6 is 11.6 Å². The van der Waals surface area contributed by atoms with Crippen molar-refractivity contribution < 1.29 is 14.3 Å². The zero-order valence-electron chi connectivity index (χ0n) is 18.9. The van der Waals surface area contributed by atoms with Crippen LogP contribution in [0, 0.1) is 0 Å². The van der Waals surface area contributed by atoms with E-state index in [1.165, 1.54) is 0 Å². The SMILES string of the molecule is CC1=C(C(=O)OCc2ccccc2)C(c2cccc(OCc3ccc(Cl)cc3)c2)n2nnnc2N1. The molecule has 1 aliphatic rings. The van der Waals surface area contributed by atoms with Crippen LogP contribution in [0.1, 0.15) is 29.7 Å². The number of carbonyl (C=O) groups is 1. The maximum Gasteiger partial charge on any atom is 0.338 e. The Morgan fingerprint density at radius 1 is 1.00 bits per heavy atom. The second-order valence-corrected chi connectivity index (χ2v) is 8.50. The molecule has 1 unspecified atom stereocenters. The predicted octanol–water partition coefficient (Wildman–Crippen LogP) is 4.94. The third-order valence-corrected chi connectivity index (χ3v) is 5.89. The Kier molecular flexibility index (Phi) is 6.45. The first kappa shape index (κ1) is 22.6. The lowest BCUT2D eigenvalue weighted by Crippen LogP contribution is -2.29.